The highest BCUT2D eigenvalue weighted by Gasteiger charge is 2.65. The molecule has 4 rings (SSSR count). The number of hydrogen-bond acceptors (Lipinski definition) is 3. The van der Waals surface area contributed by atoms with Crippen LogP contribution in [0, 0.1) is 38.9 Å². The van der Waals surface area contributed by atoms with Crippen LogP contribution in [0.4, 0.5) is 0 Å². The molecule has 0 spiro atoms. The average Bonchev–Trinajstić information content (AvgIpc) is 2.70. The fourth-order valence-electron chi connectivity index (χ4n) is 9.33. The Morgan fingerprint density at radius 2 is 1.67 bits per heavy atom. The zero-order chi connectivity index (χ0) is 24.7. The Bertz CT molecular complexity index is 793. The Morgan fingerprint density at radius 3 is 2.30 bits per heavy atom. The molecule has 0 heterocycles. The molecule has 0 aromatic heterocycles. The highest BCUT2D eigenvalue weighted by atomic mass is 16.3. The van der Waals surface area contributed by atoms with E-state index in [1.54, 1.807) is 19.4 Å². The molecule has 0 amide bonds. The zero-order valence-electron chi connectivity index (χ0n) is 22.8. The normalized spacial score (nSPS) is 48.2. The summed E-state index contributed by atoms with van der Waals surface area (Å²) in [5.41, 5.74) is 1.65. The molecule has 0 saturated heterocycles. The van der Waals surface area contributed by atoms with Crippen molar-refractivity contribution in [2.75, 3.05) is 0 Å². The van der Waals surface area contributed by atoms with Crippen LogP contribution in [-0.4, -0.2) is 33.1 Å². The monoisotopic (exact) mass is 460 g/mol. The van der Waals surface area contributed by atoms with E-state index in [-0.39, 0.29) is 16.9 Å². The first-order valence-electron chi connectivity index (χ1n) is 13.8. The standard InChI is InChI=1S/C30H52O3/c1-25(2)20-9-11-22-29(7,21(20)10-12-23(25)31)17-16-28(6)19-27(5,15-18-30(22,28)8)14-13-24(32)26(3,4)33/h9,21-24,31-33H,10-19H2,1-8H3. The van der Waals surface area contributed by atoms with Gasteiger partial charge in [0.2, 0.25) is 0 Å². The van der Waals surface area contributed by atoms with E-state index in [0.717, 1.165) is 19.3 Å². The highest BCUT2D eigenvalue weighted by Crippen LogP contribution is 2.73. The van der Waals surface area contributed by atoms with Gasteiger partial charge in [0.05, 0.1) is 17.8 Å². The molecule has 3 N–H and O–H groups in total. The van der Waals surface area contributed by atoms with Crippen LogP contribution in [0.5, 0.6) is 0 Å². The predicted molar refractivity (Wildman–Crippen MR) is 136 cm³/mol. The van der Waals surface area contributed by atoms with Crippen molar-refractivity contribution >= 4 is 0 Å². The molecule has 4 aliphatic carbocycles. The maximum Gasteiger partial charge on any atom is 0.0849 e. The van der Waals surface area contributed by atoms with Crippen LogP contribution in [0.2, 0.25) is 0 Å². The van der Waals surface area contributed by atoms with Crippen molar-refractivity contribution < 1.29 is 15.3 Å². The molecular formula is C30H52O3. The molecule has 3 saturated carbocycles. The van der Waals surface area contributed by atoms with Gasteiger partial charge in [-0.1, -0.05) is 53.2 Å². The predicted octanol–water partition coefficient (Wildman–Crippen LogP) is 6.64. The summed E-state index contributed by atoms with van der Waals surface area (Å²) >= 11 is 0. The summed E-state index contributed by atoms with van der Waals surface area (Å²) in [5, 5.41) is 31.4. The second-order valence-electron chi connectivity index (χ2n) is 15.0. The van der Waals surface area contributed by atoms with Crippen molar-refractivity contribution in [1.82, 2.24) is 0 Å². The Balaban J connectivity index is 1.58. The van der Waals surface area contributed by atoms with Gasteiger partial charge in [-0.2, -0.15) is 0 Å². The molecule has 0 aromatic rings. The molecular weight excluding hydrogens is 408 g/mol. The third-order valence-electron chi connectivity index (χ3n) is 12.1. The Labute approximate surface area is 203 Å². The molecule has 8 atom stereocenters. The Kier molecular flexibility index (Phi) is 6.08. The van der Waals surface area contributed by atoms with Crippen LogP contribution in [0.25, 0.3) is 0 Å². The second kappa shape index (κ2) is 7.81. The third-order valence-corrected chi connectivity index (χ3v) is 12.1. The summed E-state index contributed by atoms with van der Waals surface area (Å²) in [7, 11) is 0. The SMILES string of the molecule is CC1(CCC(O)C(C)(C)O)CCC2(C)C3CC=C4C(CCC(O)C4(C)C)C3(C)CCC2(C)C1. The first kappa shape index (κ1) is 25.7. The summed E-state index contributed by atoms with van der Waals surface area (Å²) in [4.78, 5) is 0. The van der Waals surface area contributed by atoms with Crippen LogP contribution >= 0.6 is 0 Å². The lowest BCUT2D eigenvalue weighted by atomic mass is 9.35. The molecule has 190 valence electrons. The van der Waals surface area contributed by atoms with Gasteiger partial charge in [0.25, 0.3) is 0 Å². The zero-order valence-corrected chi connectivity index (χ0v) is 22.8. The van der Waals surface area contributed by atoms with Crippen LogP contribution in [0.3, 0.4) is 0 Å². The molecule has 3 fully saturated rings. The molecule has 33 heavy (non-hydrogen) atoms. The van der Waals surface area contributed by atoms with E-state index < -0.39 is 11.7 Å². The van der Waals surface area contributed by atoms with E-state index in [1.807, 2.05) is 0 Å². The Morgan fingerprint density at radius 1 is 1.00 bits per heavy atom. The van der Waals surface area contributed by atoms with Crippen LogP contribution in [0.15, 0.2) is 11.6 Å². The molecule has 8 unspecified atom stereocenters. The Hall–Kier alpha value is -0.380. The lowest BCUT2D eigenvalue weighted by Gasteiger charge is -2.69. The number of fused-ring (bicyclic) bond motifs is 5. The number of aliphatic hydroxyl groups excluding tert-OH is 2. The summed E-state index contributed by atoms with van der Waals surface area (Å²) in [6.07, 6.45) is 12.9. The molecule has 0 radical (unpaired) electrons. The smallest absolute Gasteiger partial charge is 0.0849 e. The second-order valence-corrected chi connectivity index (χ2v) is 15.0. The third kappa shape index (κ3) is 3.87. The van der Waals surface area contributed by atoms with Gasteiger partial charge in [-0.05, 0) is 112 Å². The van der Waals surface area contributed by atoms with Gasteiger partial charge in [0.15, 0.2) is 0 Å². The van der Waals surface area contributed by atoms with Crippen LogP contribution in [-0.2, 0) is 0 Å². The molecule has 3 heteroatoms. The number of aliphatic hydroxyl groups is 3. The summed E-state index contributed by atoms with van der Waals surface area (Å²) in [6.45, 7) is 18.2. The van der Waals surface area contributed by atoms with Gasteiger partial charge in [-0.25, -0.2) is 0 Å². The van der Waals surface area contributed by atoms with E-state index >= 15 is 0 Å². The summed E-state index contributed by atoms with van der Waals surface area (Å²) < 4.78 is 0. The summed E-state index contributed by atoms with van der Waals surface area (Å²) in [6, 6.07) is 0. The minimum atomic E-state index is -1.02. The van der Waals surface area contributed by atoms with Crippen molar-refractivity contribution in [3.05, 3.63) is 11.6 Å². The van der Waals surface area contributed by atoms with Crippen molar-refractivity contribution in [3.63, 3.8) is 0 Å². The van der Waals surface area contributed by atoms with E-state index in [4.69, 9.17) is 0 Å². The average molecular weight is 461 g/mol. The van der Waals surface area contributed by atoms with Crippen molar-refractivity contribution in [2.45, 2.75) is 137 Å². The quantitative estimate of drug-likeness (QED) is 0.412. The lowest BCUT2D eigenvalue weighted by Crippen LogP contribution is -2.61. The van der Waals surface area contributed by atoms with Crippen molar-refractivity contribution in [3.8, 4) is 0 Å². The first-order valence-corrected chi connectivity index (χ1v) is 13.8. The van der Waals surface area contributed by atoms with Gasteiger partial charge in [-0.15, -0.1) is 0 Å². The fourth-order valence-corrected chi connectivity index (χ4v) is 9.33. The molecule has 0 aromatic carbocycles. The van der Waals surface area contributed by atoms with Gasteiger partial charge < -0.3 is 15.3 Å². The molecule has 0 bridgehead atoms. The maximum absolute atomic E-state index is 10.8. The number of rotatable bonds is 4. The minimum absolute atomic E-state index is 0.0923. The van der Waals surface area contributed by atoms with E-state index in [2.05, 4.69) is 47.6 Å². The van der Waals surface area contributed by atoms with Crippen LogP contribution in [0.1, 0.15) is 120 Å². The number of hydrogen-bond donors (Lipinski definition) is 3. The van der Waals surface area contributed by atoms with Gasteiger partial charge in [-0.3, -0.25) is 0 Å². The van der Waals surface area contributed by atoms with E-state index in [1.165, 1.54) is 38.5 Å². The highest BCUT2D eigenvalue weighted by molar-refractivity contribution is 5.30. The topological polar surface area (TPSA) is 60.7 Å². The van der Waals surface area contributed by atoms with Gasteiger partial charge in [0.1, 0.15) is 0 Å². The van der Waals surface area contributed by atoms with E-state index in [9.17, 15) is 15.3 Å². The summed E-state index contributed by atoms with van der Waals surface area (Å²) in [5.74, 6) is 1.32. The van der Waals surface area contributed by atoms with Gasteiger partial charge in [0, 0.05) is 5.41 Å². The molecule has 3 nitrogen and oxygen atoms in total. The van der Waals surface area contributed by atoms with Crippen molar-refractivity contribution in [1.29, 1.82) is 0 Å². The molecule has 0 aliphatic heterocycles. The van der Waals surface area contributed by atoms with Crippen molar-refractivity contribution in [2.24, 2.45) is 38.9 Å². The molecule has 4 aliphatic rings. The number of allylic oxidation sites excluding steroid dienone is 1. The van der Waals surface area contributed by atoms with E-state index in [0.29, 0.717) is 34.5 Å². The lowest BCUT2D eigenvalue weighted by molar-refractivity contribution is -0.185. The minimum Gasteiger partial charge on any atom is -0.392 e. The maximum atomic E-state index is 10.8. The fraction of sp³-hybridized carbons (Fsp3) is 0.933. The van der Waals surface area contributed by atoms with Gasteiger partial charge >= 0.3 is 0 Å². The van der Waals surface area contributed by atoms with Crippen LogP contribution < -0.4 is 0 Å². The first-order chi connectivity index (χ1) is 15.0. The largest absolute Gasteiger partial charge is 0.392 e.